The van der Waals surface area contributed by atoms with Crippen LogP contribution in [-0.2, 0) is 0 Å². The number of fused-ring (bicyclic) bond motifs is 1. The molecule has 6 heteroatoms. The summed E-state index contributed by atoms with van der Waals surface area (Å²) in [5.74, 6) is 0.983. The lowest BCUT2D eigenvalue weighted by molar-refractivity contribution is 0.307. The molecule has 0 aliphatic rings. The van der Waals surface area contributed by atoms with E-state index in [-0.39, 0.29) is 0 Å². The third-order valence-corrected chi connectivity index (χ3v) is 3.90. The van der Waals surface area contributed by atoms with Crippen molar-refractivity contribution in [3.05, 3.63) is 36.0 Å². The largest absolute Gasteiger partial charge is 0.476 e. The van der Waals surface area contributed by atoms with Crippen molar-refractivity contribution in [1.29, 1.82) is 0 Å². The average molecular weight is 300 g/mol. The Balaban J connectivity index is 1.86. The highest BCUT2D eigenvalue weighted by Gasteiger charge is 2.09. The van der Waals surface area contributed by atoms with Crippen LogP contribution in [0.1, 0.15) is 13.3 Å². The molecule has 0 bridgehead atoms. The summed E-state index contributed by atoms with van der Waals surface area (Å²) in [4.78, 5) is 8.25. The van der Waals surface area contributed by atoms with Gasteiger partial charge in [0, 0.05) is 10.4 Å². The highest BCUT2D eigenvalue weighted by atomic mass is 32.1. The molecule has 0 spiro atoms. The second-order valence-electron chi connectivity index (χ2n) is 4.59. The fourth-order valence-electron chi connectivity index (χ4n) is 1.97. The Bertz CT molecular complexity index is 756. The fourth-order valence-corrected chi connectivity index (χ4v) is 2.74. The van der Waals surface area contributed by atoms with Gasteiger partial charge in [-0.1, -0.05) is 6.92 Å². The van der Waals surface area contributed by atoms with Gasteiger partial charge in [0.05, 0.1) is 6.61 Å². The second kappa shape index (κ2) is 5.97. The van der Waals surface area contributed by atoms with Gasteiger partial charge in [-0.25, -0.2) is 4.98 Å². The van der Waals surface area contributed by atoms with Gasteiger partial charge in [0.25, 0.3) is 0 Å². The van der Waals surface area contributed by atoms with Crippen LogP contribution in [0, 0.1) is 0 Å². The quantitative estimate of drug-likeness (QED) is 0.749. The molecule has 21 heavy (non-hydrogen) atoms. The second-order valence-corrected chi connectivity index (χ2v) is 5.54. The number of hydrogen-bond acceptors (Lipinski definition) is 6. The molecule has 0 amide bonds. The van der Waals surface area contributed by atoms with Gasteiger partial charge in [-0.15, -0.1) is 11.3 Å². The maximum atomic E-state index is 6.05. The zero-order valence-electron chi connectivity index (χ0n) is 11.7. The summed E-state index contributed by atoms with van der Waals surface area (Å²) in [6.07, 6.45) is 2.35. The minimum absolute atomic E-state index is 0.422. The zero-order chi connectivity index (χ0) is 14.7. The number of benzene rings is 1. The molecule has 0 aliphatic carbocycles. The fraction of sp³-hybridized carbons (Fsp3) is 0.200. The van der Waals surface area contributed by atoms with Gasteiger partial charge in [-0.05, 0) is 41.5 Å². The van der Waals surface area contributed by atoms with Crippen LogP contribution >= 0.6 is 11.3 Å². The van der Waals surface area contributed by atoms with Crippen LogP contribution < -0.4 is 15.8 Å². The highest BCUT2D eigenvalue weighted by Crippen LogP contribution is 2.30. The first-order valence-corrected chi connectivity index (χ1v) is 7.63. The molecule has 108 valence electrons. The molecule has 3 rings (SSSR count). The summed E-state index contributed by atoms with van der Waals surface area (Å²) in [6, 6.07) is 8.24. The van der Waals surface area contributed by atoms with E-state index in [1.54, 1.807) is 11.3 Å². The van der Waals surface area contributed by atoms with E-state index in [4.69, 9.17) is 10.5 Å². The molecule has 0 fully saturated rings. The molecule has 0 unspecified atom stereocenters. The van der Waals surface area contributed by atoms with Crippen LogP contribution in [0.25, 0.3) is 10.1 Å². The molecule has 0 aliphatic heterocycles. The number of nitrogens with two attached hydrogens (primary N) is 1. The Morgan fingerprint density at radius 2 is 2.19 bits per heavy atom. The smallest absolute Gasteiger partial charge is 0.242 e. The number of rotatable bonds is 5. The molecule has 1 aromatic carbocycles. The number of nitrogens with one attached hydrogen (secondary N) is 1. The van der Waals surface area contributed by atoms with Crippen molar-refractivity contribution in [2.24, 2.45) is 0 Å². The number of nitrogens with zero attached hydrogens (tertiary/aromatic N) is 2. The van der Waals surface area contributed by atoms with Crippen molar-refractivity contribution in [2.45, 2.75) is 13.3 Å². The summed E-state index contributed by atoms with van der Waals surface area (Å²) in [5.41, 5.74) is 7.42. The minimum Gasteiger partial charge on any atom is -0.476 e. The first kappa shape index (κ1) is 13.6. The van der Waals surface area contributed by atoms with Crippen molar-refractivity contribution in [1.82, 2.24) is 9.97 Å². The van der Waals surface area contributed by atoms with E-state index in [2.05, 4.69) is 38.9 Å². The van der Waals surface area contributed by atoms with Gasteiger partial charge in [0.2, 0.25) is 5.88 Å². The molecule has 0 radical (unpaired) electrons. The molecule has 0 atom stereocenters. The topological polar surface area (TPSA) is 73.1 Å². The van der Waals surface area contributed by atoms with Gasteiger partial charge in [-0.2, -0.15) is 4.98 Å². The van der Waals surface area contributed by atoms with Crippen LogP contribution in [0.15, 0.2) is 36.0 Å². The van der Waals surface area contributed by atoms with Gasteiger partial charge >= 0.3 is 0 Å². The predicted molar refractivity (Wildman–Crippen MR) is 87.3 cm³/mol. The number of thiophene rings is 1. The van der Waals surface area contributed by atoms with Crippen LogP contribution in [0.3, 0.4) is 0 Å². The van der Waals surface area contributed by atoms with E-state index >= 15 is 0 Å². The SMILES string of the molecule is CCCOc1ncnc(Nc2ccc3sccc3c2)c1N. The predicted octanol–water partition coefficient (Wildman–Crippen LogP) is 3.81. The van der Waals surface area contributed by atoms with Crippen molar-refractivity contribution in [3.8, 4) is 5.88 Å². The maximum Gasteiger partial charge on any atom is 0.242 e. The number of anilines is 3. The minimum atomic E-state index is 0.422. The third kappa shape index (κ3) is 2.90. The molecule has 3 aromatic rings. The van der Waals surface area contributed by atoms with E-state index in [0.29, 0.717) is 24.0 Å². The summed E-state index contributed by atoms with van der Waals surface area (Å²) >= 11 is 1.72. The molecular weight excluding hydrogens is 284 g/mol. The van der Waals surface area contributed by atoms with E-state index in [9.17, 15) is 0 Å². The Kier molecular flexibility index (Phi) is 3.87. The lowest BCUT2D eigenvalue weighted by atomic mass is 10.2. The van der Waals surface area contributed by atoms with E-state index in [0.717, 1.165) is 12.1 Å². The normalized spacial score (nSPS) is 10.7. The molecule has 2 aromatic heterocycles. The molecular formula is C15H16N4OS. The van der Waals surface area contributed by atoms with Gasteiger partial charge in [0.1, 0.15) is 12.0 Å². The first-order chi connectivity index (χ1) is 10.3. The lowest BCUT2D eigenvalue weighted by Crippen LogP contribution is -2.05. The number of aromatic nitrogens is 2. The zero-order valence-corrected chi connectivity index (χ0v) is 12.5. The Morgan fingerprint density at radius 3 is 3.05 bits per heavy atom. The van der Waals surface area contributed by atoms with E-state index in [1.165, 1.54) is 16.4 Å². The molecule has 3 N–H and O–H groups in total. The van der Waals surface area contributed by atoms with E-state index < -0.39 is 0 Å². The first-order valence-electron chi connectivity index (χ1n) is 6.75. The van der Waals surface area contributed by atoms with Crippen LogP contribution in [0.2, 0.25) is 0 Å². The lowest BCUT2D eigenvalue weighted by Gasteiger charge is -2.11. The Labute approximate surface area is 126 Å². The third-order valence-electron chi connectivity index (χ3n) is 3.01. The number of ether oxygens (including phenoxy) is 1. The summed E-state index contributed by atoms with van der Waals surface area (Å²) in [5, 5.41) is 6.49. The molecule has 0 saturated heterocycles. The van der Waals surface area contributed by atoms with Crippen molar-refractivity contribution in [3.63, 3.8) is 0 Å². The molecule has 0 saturated carbocycles. The van der Waals surface area contributed by atoms with Crippen molar-refractivity contribution in [2.75, 3.05) is 17.7 Å². The standard InChI is InChI=1S/C15H16N4OS/c1-2-6-20-15-13(16)14(17-9-18-15)19-11-3-4-12-10(8-11)5-7-21-12/h3-5,7-9H,2,6,16H2,1H3,(H,17,18,19). The monoisotopic (exact) mass is 300 g/mol. The van der Waals surface area contributed by atoms with E-state index in [1.807, 2.05) is 13.0 Å². The van der Waals surface area contributed by atoms with Crippen LogP contribution in [0.5, 0.6) is 5.88 Å². The Morgan fingerprint density at radius 1 is 1.29 bits per heavy atom. The number of hydrogen-bond donors (Lipinski definition) is 2. The van der Waals surface area contributed by atoms with Crippen LogP contribution in [-0.4, -0.2) is 16.6 Å². The number of nitrogen functional groups attached to an aromatic ring is 1. The van der Waals surface area contributed by atoms with Gasteiger partial charge in [0.15, 0.2) is 5.82 Å². The van der Waals surface area contributed by atoms with Crippen molar-refractivity contribution < 1.29 is 4.74 Å². The molecule has 5 nitrogen and oxygen atoms in total. The highest BCUT2D eigenvalue weighted by molar-refractivity contribution is 7.17. The average Bonchev–Trinajstić information content (AvgIpc) is 2.96. The summed E-state index contributed by atoms with van der Waals surface area (Å²) in [6.45, 7) is 2.62. The summed E-state index contributed by atoms with van der Waals surface area (Å²) < 4.78 is 6.76. The van der Waals surface area contributed by atoms with Crippen LogP contribution in [0.4, 0.5) is 17.2 Å². The summed E-state index contributed by atoms with van der Waals surface area (Å²) in [7, 11) is 0. The molecule has 2 heterocycles. The van der Waals surface area contributed by atoms with Gasteiger partial charge < -0.3 is 15.8 Å². The Hall–Kier alpha value is -2.34. The van der Waals surface area contributed by atoms with Gasteiger partial charge in [-0.3, -0.25) is 0 Å². The van der Waals surface area contributed by atoms with Crippen molar-refractivity contribution >= 4 is 38.6 Å². The maximum absolute atomic E-state index is 6.05.